The summed E-state index contributed by atoms with van der Waals surface area (Å²) in [5.74, 6) is -0.144. The highest BCUT2D eigenvalue weighted by molar-refractivity contribution is 5.93. The van der Waals surface area contributed by atoms with Crippen molar-refractivity contribution in [2.75, 3.05) is 13.1 Å². The van der Waals surface area contributed by atoms with Crippen molar-refractivity contribution in [1.29, 1.82) is 0 Å². The molecule has 0 saturated carbocycles. The molecular formula is C21H23N5O. The number of pyridine rings is 1. The van der Waals surface area contributed by atoms with Crippen LogP contribution in [0.5, 0.6) is 0 Å². The summed E-state index contributed by atoms with van der Waals surface area (Å²) in [6.07, 6.45) is 2.77. The van der Waals surface area contributed by atoms with Crippen LogP contribution in [0.1, 0.15) is 28.5 Å². The molecule has 0 spiro atoms. The van der Waals surface area contributed by atoms with Crippen molar-refractivity contribution in [3.63, 3.8) is 0 Å². The molecule has 0 radical (unpaired) electrons. The maximum absolute atomic E-state index is 12.5. The number of H-pyrrole nitrogens is 1. The highest BCUT2D eigenvalue weighted by Crippen LogP contribution is 2.18. The van der Waals surface area contributed by atoms with Gasteiger partial charge in [0, 0.05) is 31.9 Å². The van der Waals surface area contributed by atoms with Crippen LogP contribution in [-0.2, 0) is 13.0 Å². The van der Waals surface area contributed by atoms with Crippen molar-refractivity contribution in [2.45, 2.75) is 25.9 Å². The number of hydrogen-bond acceptors (Lipinski definition) is 4. The molecule has 1 unspecified atom stereocenters. The SMILES string of the molecule is CC(CN1CCc2ccccc2C1)NC(=O)c1cc(-c2ccccn2)n[nH]1. The van der Waals surface area contributed by atoms with E-state index >= 15 is 0 Å². The zero-order chi connectivity index (χ0) is 18.6. The average molecular weight is 361 g/mol. The molecule has 6 heteroatoms. The van der Waals surface area contributed by atoms with Crippen molar-refractivity contribution in [3.05, 3.63) is 71.5 Å². The molecule has 6 nitrogen and oxygen atoms in total. The largest absolute Gasteiger partial charge is 0.347 e. The first-order valence-corrected chi connectivity index (χ1v) is 9.26. The predicted octanol–water partition coefficient (Wildman–Crippen LogP) is 2.65. The second-order valence-corrected chi connectivity index (χ2v) is 7.01. The Hall–Kier alpha value is -2.99. The van der Waals surface area contributed by atoms with Gasteiger partial charge in [0.05, 0.1) is 5.69 Å². The summed E-state index contributed by atoms with van der Waals surface area (Å²) < 4.78 is 0. The topological polar surface area (TPSA) is 73.9 Å². The van der Waals surface area contributed by atoms with Gasteiger partial charge < -0.3 is 5.32 Å². The molecule has 2 aromatic heterocycles. The van der Waals surface area contributed by atoms with Crippen LogP contribution in [0, 0.1) is 0 Å². The monoisotopic (exact) mass is 361 g/mol. The van der Waals surface area contributed by atoms with E-state index in [0.717, 1.165) is 31.7 Å². The van der Waals surface area contributed by atoms with Crippen LogP contribution in [-0.4, -0.2) is 45.1 Å². The summed E-state index contributed by atoms with van der Waals surface area (Å²) in [5, 5.41) is 10.1. The van der Waals surface area contributed by atoms with Gasteiger partial charge in [0.25, 0.3) is 5.91 Å². The molecule has 1 aromatic carbocycles. The van der Waals surface area contributed by atoms with Gasteiger partial charge in [-0.1, -0.05) is 30.3 Å². The fourth-order valence-electron chi connectivity index (χ4n) is 3.53. The third kappa shape index (κ3) is 4.06. The predicted molar refractivity (Wildman–Crippen MR) is 104 cm³/mol. The Balaban J connectivity index is 1.34. The van der Waals surface area contributed by atoms with Crippen LogP contribution >= 0.6 is 0 Å². The van der Waals surface area contributed by atoms with Gasteiger partial charge in [-0.25, -0.2) is 0 Å². The number of nitrogens with one attached hydrogen (secondary N) is 2. The van der Waals surface area contributed by atoms with E-state index in [4.69, 9.17) is 0 Å². The molecule has 0 aliphatic carbocycles. The first-order valence-electron chi connectivity index (χ1n) is 9.26. The summed E-state index contributed by atoms with van der Waals surface area (Å²) in [5.41, 5.74) is 4.68. The van der Waals surface area contributed by atoms with Crippen LogP contribution in [0.15, 0.2) is 54.7 Å². The van der Waals surface area contributed by atoms with E-state index in [1.54, 1.807) is 12.3 Å². The molecule has 4 rings (SSSR count). The minimum Gasteiger partial charge on any atom is -0.347 e. The van der Waals surface area contributed by atoms with Crippen LogP contribution in [0.25, 0.3) is 11.4 Å². The molecule has 0 bridgehead atoms. The zero-order valence-electron chi connectivity index (χ0n) is 15.4. The third-order valence-electron chi connectivity index (χ3n) is 4.87. The summed E-state index contributed by atoms with van der Waals surface area (Å²) in [6.45, 7) is 4.81. The van der Waals surface area contributed by atoms with Crippen LogP contribution in [0.4, 0.5) is 0 Å². The lowest BCUT2D eigenvalue weighted by Crippen LogP contribution is -2.43. The molecule has 2 N–H and O–H groups in total. The minimum atomic E-state index is -0.144. The molecule has 1 atom stereocenters. The first-order chi connectivity index (χ1) is 13.2. The standard InChI is InChI=1S/C21H23N5O/c1-15(13-26-11-9-16-6-2-3-7-17(16)14-26)23-21(27)20-12-19(24-25-20)18-8-4-5-10-22-18/h2-8,10,12,15H,9,11,13-14H2,1H3,(H,23,27)(H,24,25). The van der Waals surface area contributed by atoms with E-state index < -0.39 is 0 Å². The van der Waals surface area contributed by atoms with E-state index in [9.17, 15) is 4.79 Å². The first kappa shape index (κ1) is 17.4. The molecule has 1 aliphatic rings. The highest BCUT2D eigenvalue weighted by atomic mass is 16.2. The normalized spacial score (nSPS) is 15.1. The van der Waals surface area contributed by atoms with Gasteiger partial charge in [-0.15, -0.1) is 0 Å². The summed E-state index contributed by atoms with van der Waals surface area (Å²) in [4.78, 5) is 19.2. The molecule has 0 saturated heterocycles. The van der Waals surface area contributed by atoms with E-state index in [1.165, 1.54) is 11.1 Å². The number of rotatable bonds is 5. The number of aromatic nitrogens is 3. The van der Waals surface area contributed by atoms with E-state index in [0.29, 0.717) is 11.4 Å². The van der Waals surface area contributed by atoms with Crippen molar-refractivity contribution in [1.82, 2.24) is 25.4 Å². The Bertz CT molecular complexity index is 921. The molecule has 0 fully saturated rings. The molecule has 1 amide bonds. The van der Waals surface area contributed by atoms with Crippen molar-refractivity contribution in [2.24, 2.45) is 0 Å². The molecule has 3 heterocycles. The van der Waals surface area contributed by atoms with E-state index in [1.807, 2.05) is 25.1 Å². The Morgan fingerprint density at radius 2 is 2.00 bits per heavy atom. The smallest absolute Gasteiger partial charge is 0.269 e. The number of benzene rings is 1. The lowest BCUT2D eigenvalue weighted by Gasteiger charge is -2.31. The van der Waals surface area contributed by atoms with Crippen LogP contribution in [0.3, 0.4) is 0 Å². The van der Waals surface area contributed by atoms with Crippen LogP contribution in [0.2, 0.25) is 0 Å². The lowest BCUT2D eigenvalue weighted by molar-refractivity contribution is 0.0922. The molecule has 138 valence electrons. The Labute approximate surface area is 158 Å². The third-order valence-corrected chi connectivity index (χ3v) is 4.87. The maximum atomic E-state index is 12.5. The highest BCUT2D eigenvalue weighted by Gasteiger charge is 2.19. The van der Waals surface area contributed by atoms with Crippen LogP contribution < -0.4 is 5.32 Å². The van der Waals surface area contributed by atoms with Gasteiger partial charge in [0.2, 0.25) is 0 Å². The molecule has 3 aromatic rings. The summed E-state index contributed by atoms with van der Waals surface area (Å²) >= 11 is 0. The number of fused-ring (bicyclic) bond motifs is 1. The molecule has 1 aliphatic heterocycles. The summed E-state index contributed by atoms with van der Waals surface area (Å²) in [6, 6.07) is 16.0. The van der Waals surface area contributed by atoms with Gasteiger partial charge in [-0.3, -0.25) is 19.8 Å². The molecule has 27 heavy (non-hydrogen) atoms. The Morgan fingerprint density at radius 1 is 1.19 bits per heavy atom. The maximum Gasteiger partial charge on any atom is 0.269 e. The Morgan fingerprint density at radius 3 is 2.81 bits per heavy atom. The lowest BCUT2D eigenvalue weighted by atomic mass is 10.00. The van der Waals surface area contributed by atoms with Gasteiger partial charge in [-0.05, 0) is 42.7 Å². The fraction of sp³-hybridized carbons (Fsp3) is 0.286. The van der Waals surface area contributed by atoms with Gasteiger partial charge in [0.15, 0.2) is 0 Å². The number of amides is 1. The Kier molecular flexibility index (Phi) is 4.98. The van der Waals surface area contributed by atoms with Gasteiger partial charge in [0.1, 0.15) is 11.4 Å². The number of carbonyl (C=O) groups is 1. The van der Waals surface area contributed by atoms with Gasteiger partial charge >= 0.3 is 0 Å². The quantitative estimate of drug-likeness (QED) is 0.733. The van der Waals surface area contributed by atoms with E-state index in [2.05, 4.69) is 49.7 Å². The second kappa shape index (κ2) is 7.72. The van der Waals surface area contributed by atoms with E-state index in [-0.39, 0.29) is 11.9 Å². The molecular weight excluding hydrogens is 338 g/mol. The van der Waals surface area contributed by atoms with Crippen molar-refractivity contribution in [3.8, 4) is 11.4 Å². The van der Waals surface area contributed by atoms with Crippen molar-refractivity contribution >= 4 is 5.91 Å². The van der Waals surface area contributed by atoms with Gasteiger partial charge in [-0.2, -0.15) is 5.10 Å². The minimum absolute atomic E-state index is 0.0457. The number of aromatic amines is 1. The number of nitrogens with zero attached hydrogens (tertiary/aromatic N) is 3. The number of carbonyl (C=O) groups excluding carboxylic acids is 1. The fourth-order valence-corrected chi connectivity index (χ4v) is 3.53. The number of hydrogen-bond donors (Lipinski definition) is 2. The second-order valence-electron chi connectivity index (χ2n) is 7.01. The van der Waals surface area contributed by atoms with Crippen molar-refractivity contribution < 1.29 is 4.79 Å². The average Bonchev–Trinajstić information content (AvgIpc) is 3.19. The summed E-state index contributed by atoms with van der Waals surface area (Å²) in [7, 11) is 0. The zero-order valence-corrected chi connectivity index (χ0v) is 15.4.